The van der Waals surface area contributed by atoms with Crippen LogP contribution in [0.5, 0.6) is 0 Å². The van der Waals surface area contributed by atoms with E-state index in [2.05, 4.69) is 0 Å². The van der Waals surface area contributed by atoms with Gasteiger partial charge in [0.05, 0.1) is 25.4 Å². The molecule has 0 aromatic carbocycles. The molecule has 0 fully saturated rings. The van der Waals surface area contributed by atoms with Crippen molar-refractivity contribution in [2.24, 2.45) is 0 Å². The van der Waals surface area contributed by atoms with E-state index in [1.54, 1.807) is 17.0 Å². The molecule has 2 unspecified atom stereocenters. The van der Waals surface area contributed by atoms with E-state index >= 15 is 0 Å². The van der Waals surface area contributed by atoms with Crippen LogP contribution in [0, 0.1) is 0 Å². The van der Waals surface area contributed by atoms with Crippen LogP contribution in [0.4, 0.5) is 0 Å². The fourth-order valence-corrected chi connectivity index (χ4v) is 1.31. The molecular formula is C10H17NO3. The van der Waals surface area contributed by atoms with Gasteiger partial charge in [-0.15, -0.1) is 0 Å². The molecule has 0 aliphatic rings. The highest BCUT2D eigenvalue weighted by Crippen LogP contribution is 2.16. The van der Waals surface area contributed by atoms with Crippen LogP contribution in [0.15, 0.2) is 18.5 Å². The molecule has 1 aromatic rings. The van der Waals surface area contributed by atoms with E-state index in [0.717, 1.165) is 5.56 Å². The molecule has 0 saturated carbocycles. The Balaban J connectivity index is 2.59. The standard InChI is InChI=1S/C10H17NO3/c1-2-10(14)8-3-4-11(5-8)6-9(13)7-12/h3-5,9-10,12-14H,2,6-7H2,1H3. The minimum absolute atomic E-state index is 0.246. The first-order chi connectivity index (χ1) is 6.67. The summed E-state index contributed by atoms with van der Waals surface area (Å²) in [5.41, 5.74) is 0.845. The Bertz CT molecular complexity index is 272. The lowest BCUT2D eigenvalue weighted by Gasteiger charge is -2.08. The van der Waals surface area contributed by atoms with E-state index < -0.39 is 12.2 Å². The summed E-state index contributed by atoms with van der Waals surface area (Å²) in [4.78, 5) is 0. The maximum atomic E-state index is 9.51. The number of hydrogen-bond donors (Lipinski definition) is 3. The highest BCUT2D eigenvalue weighted by Gasteiger charge is 2.08. The smallest absolute Gasteiger partial charge is 0.0949 e. The Hall–Kier alpha value is -0.840. The molecule has 0 aliphatic carbocycles. The molecule has 2 atom stereocenters. The molecule has 14 heavy (non-hydrogen) atoms. The summed E-state index contributed by atoms with van der Waals surface area (Å²) < 4.78 is 1.76. The number of aliphatic hydroxyl groups excluding tert-OH is 3. The SMILES string of the molecule is CCC(O)c1ccn(CC(O)CO)c1. The zero-order valence-corrected chi connectivity index (χ0v) is 8.30. The Morgan fingerprint density at radius 3 is 2.71 bits per heavy atom. The van der Waals surface area contributed by atoms with E-state index in [4.69, 9.17) is 5.11 Å². The number of aromatic nitrogens is 1. The molecule has 0 amide bonds. The van der Waals surface area contributed by atoms with Crippen LogP contribution < -0.4 is 0 Å². The van der Waals surface area contributed by atoms with Gasteiger partial charge in [-0.25, -0.2) is 0 Å². The number of aliphatic hydroxyl groups is 3. The average molecular weight is 199 g/mol. The van der Waals surface area contributed by atoms with E-state index in [9.17, 15) is 10.2 Å². The molecule has 0 radical (unpaired) electrons. The highest BCUT2D eigenvalue weighted by atomic mass is 16.3. The maximum Gasteiger partial charge on any atom is 0.0949 e. The van der Waals surface area contributed by atoms with Gasteiger partial charge in [-0.1, -0.05) is 6.92 Å². The lowest BCUT2D eigenvalue weighted by molar-refractivity contribution is 0.0811. The number of rotatable bonds is 5. The number of nitrogens with zero attached hydrogens (tertiary/aromatic N) is 1. The van der Waals surface area contributed by atoms with E-state index in [1.165, 1.54) is 0 Å². The van der Waals surface area contributed by atoms with Gasteiger partial charge in [0.25, 0.3) is 0 Å². The van der Waals surface area contributed by atoms with Crippen LogP contribution in [-0.4, -0.2) is 32.6 Å². The normalized spacial score (nSPS) is 15.4. The van der Waals surface area contributed by atoms with Gasteiger partial charge in [0.1, 0.15) is 0 Å². The molecule has 1 aromatic heterocycles. The molecule has 80 valence electrons. The zero-order valence-electron chi connectivity index (χ0n) is 8.30. The number of hydrogen-bond acceptors (Lipinski definition) is 3. The van der Waals surface area contributed by atoms with Crippen LogP contribution in [-0.2, 0) is 6.54 Å². The minimum atomic E-state index is -0.742. The van der Waals surface area contributed by atoms with Crippen LogP contribution >= 0.6 is 0 Å². The molecule has 0 spiro atoms. The van der Waals surface area contributed by atoms with Crippen molar-refractivity contribution in [1.82, 2.24) is 4.57 Å². The summed E-state index contributed by atoms with van der Waals surface area (Å²) >= 11 is 0. The van der Waals surface area contributed by atoms with Gasteiger partial charge in [-0.2, -0.15) is 0 Å². The first-order valence-corrected chi connectivity index (χ1v) is 4.80. The third-order valence-electron chi connectivity index (χ3n) is 2.18. The monoisotopic (exact) mass is 199 g/mol. The molecule has 1 heterocycles. The Morgan fingerprint density at radius 1 is 1.43 bits per heavy atom. The largest absolute Gasteiger partial charge is 0.394 e. The zero-order chi connectivity index (χ0) is 10.6. The van der Waals surface area contributed by atoms with Gasteiger partial charge in [0.2, 0.25) is 0 Å². The topological polar surface area (TPSA) is 65.6 Å². The lowest BCUT2D eigenvalue weighted by atomic mass is 10.1. The molecule has 0 aliphatic heterocycles. The van der Waals surface area contributed by atoms with Gasteiger partial charge in [0.15, 0.2) is 0 Å². The molecular weight excluding hydrogens is 182 g/mol. The van der Waals surface area contributed by atoms with Crippen molar-refractivity contribution in [3.8, 4) is 0 Å². The van der Waals surface area contributed by atoms with Gasteiger partial charge in [-0.3, -0.25) is 0 Å². The summed E-state index contributed by atoms with van der Waals surface area (Å²) in [6, 6.07) is 1.82. The second-order valence-corrected chi connectivity index (χ2v) is 3.40. The van der Waals surface area contributed by atoms with Crippen molar-refractivity contribution in [3.63, 3.8) is 0 Å². The average Bonchev–Trinajstić information content (AvgIpc) is 2.65. The summed E-state index contributed by atoms with van der Waals surface area (Å²) in [7, 11) is 0. The van der Waals surface area contributed by atoms with Crippen LogP contribution in [0.2, 0.25) is 0 Å². The summed E-state index contributed by atoms with van der Waals surface area (Å²) in [5, 5.41) is 27.3. The van der Waals surface area contributed by atoms with E-state index in [1.807, 2.05) is 13.0 Å². The van der Waals surface area contributed by atoms with Crippen molar-refractivity contribution < 1.29 is 15.3 Å². The van der Waals surface area contributed by atoms with Gasteiger partial charge in [-0.05, 0) is 18.1 Å². The second-order valence-electron chi connectivity index (χ2n) is 3.40. The first kappa shape index (κ1) is 11.2. The van der Waals surface area contributed by atoms with Crippen molar-refractivity contribution in [3.05, 3.63) is 24.0 Å². The molecule has 0 bridgehead atoms. The van der Waals surface area contributed by atoms with E-state index in [0.29, 0.717) is 13.0 Å². The molecule has 3 N–H and O–H groups in total. The van der Waals surface area contributed by atoms with Crippen LogP contribution in [0.3, 0.4) is 0 Å². The lowest BCUT2D eigenvalue weighted by Crippen LogP contribution is -2.18. The predicted octanol–water partition coefficient (Wildman–Crippen LogP) is 0.285. The maximum absolute atomic E-state index is 9.51. The third kappa shape index (κ3) is 2.83. The minimum Gasteiger partial charge on any atom is -0.394 e. The quantitative estimate of drug-likeness (QED) is 0.638. The van der Waals surface area contributed by atoms with Crippen molar-refractivity contribution in [2.75, 3.05) is 6.61 Å². The third-order valence-corrected chi connectivity index (χ3v) is 2.18. The summed E-state index contributed by atoms with van der Waals surface area (Å²) in [6.07, 6.45) is 3.06. The predicted molar refractivity (Wildman–Crippen MR) is 52.8 cm³/mol. The van der Waals surface area contributed by atoms with Gasteiger partial charge in [0, 0.05) is 12.4 Å². The van der Waals surface area contributed by atoms with Crippen molar-refractivity contribution in [1.29, 1.82) is 0 Å². The molecule has 4 heteroatoms. The summed E-state index contributed by atoms with van der Waals surface area (Å²) in [6.45, 7) is 2.02. The molecule has 4 nitrogen and oxygen atoms in total. The van der Waals surface area contributed by atoms with E-state index in [-0.39, 0.29) is 6.61 Å². The molecule has 0 saturated heterocycles. The summed E-state index contributed by atoms with van der Waals surface area (Å²) in [5.74, 6) is 0. The van der Waals surface area contributed by atoms with Crippen LogP contribution in [0.1, 0.15) is 25.0 Å². The fraction of sp³-hybridized carbons (Fsp3) is 0.600. The first-order valence-electron chi connectivity index (χ1n) is 4.80. The Kier molecular flexibility index (Phi) is 4.13. The fourth-order valence-electron chi connectivity index (χ4n) is 1.31. The van der Waals surface area contributed by atoms with Crippen molar-refractivity contribution in [2.45, 2.75) is 32.1 Å². The van der Waals surface area contributed by atoms with Gasteiger partial charge >= 0.3 is 0 Å². The van der Waals surface area contributed by atoms with Crippen molar-refractivity contribution >= 4 is 0 Å². The van der Waals surface area contributed by atoms with Crippen LogP contribution in [0.25, 0.3) is 0 Å². The second kappa shape index (κ2) is 5.14. The molecule has 1 rings (SSSR count). The Morgan fingerprint density at radius 2 is 2.14 bits per heavy atom. The Labute approximate surface area is 83.4 Å². The highest BCUT2D eigenvalue weighted by molar-refractivity contribution is 5.13. The van der Waals surface area contributed by atoms with Gasteiger partial charge < -0.3 is 19.9 Å².